The normalized spacial score (nSPS) is 11.3. The van der Waals surface area contributed by atoms with Gasteiger partial charge in [0.1, 0.15) is 0 Å². The second-order valence-corrected chi connectivity index (χ2v) is 18.4. The molecular formula is C70H48N2. The molecule has 0 aliphatic heterocycles. The van der Waals surface area contributed by atoms with Crippen LogP contribution in [0.15, 0.2) is 291 Å². The first-order chi connectivity index (χ1) is 35.7. The molecule has 0 radical (unpaired) electrons. The van der Waals surface area contributed by atoms with Crippen LogP contribution in [0.1, 0.15) is 0 Å². The minimum Gasteiger partial charge on any atom is -0.309 e. The van der Waals surface area contributed by atoms with Gasteiger partial charge in [-0.15, -0.1) is 0 Å². The molecule has 13 rings (SSSR count). The third kappa shape index (κ3) is 7.73. The van der Waals surface area contributed by atoms with Gasteiger partial charge in [-0.1, -0.05) is 231 Å². The molecule has 11 aromatic carbocycles. The molecule has 0 N–H and O–H groups in total. The fourth-order valence-corrected chi connectivity index (χ4v) is 10.8. The van der Waals surface area contributed by atoms with Gasteiger partial charge in [-0.2, -0.15) is 0 Å². The molecular weight excluding hydrogens is 869 g/mol. The molecule has 2 nitrogen and oxygen atoms in total. The molecule has 0 atom stereocenters. The zero-order valence-corrected chi connectivity index (χ0v) is 39.6. The van der Waals surface area contributed by atoms with Crippen molar-refractivity contribution in [2.24, 2.45) is 0 Å². The molecule has 0 unspecified atom stereocenters. The maximum Gasteiger partial charge on any atom is 0.0535 e. The summed E-state index contributed by atoms with van der Waals surface area (Å²) in [5, 5.41) is 4.73. The van der Waals surface area contributed by atoms with E-state index in [1.165, 1.54) is 54.9 Å². The molecule has 2 heterocycles. The van der Waals surface area contributed by atoms with E-state index in [2.05, 4.69) is 300 Å². The highest BCUT2D eigenvalue weighted by atomic mass is 15.0. The molecule has 0 amide bonds. The number of rotatable bonds is 10. The monoisotopic (exact) mass is 916 g/mol. The summed E-state index contributed by atoms with van der Waals surface area (Å²) in [6.45, 7) is 0. The number of benzene rings is 11. The molecule has 13 aromatic rings. The van der Waals surface area contributed by atoms with Crippen LogP contribution in [0.2, 0.25) is 0 Å². The van der Waals surface area contributed by atoms with Crippen LogP contribution < -0.4 is 0 Å². The summed E-state index contributed by atoms with van der Waals surface area (Å²) in [7, 11) is 0. The zero-order valence-electron chi connectivity index (χ0n) is 39.6. The molecule has 0 aliphatic carbocycles. The minimum absolute atomic E-state index is 1.10. The third-order valence-corrected chi connectivity index (χ3v) is 14.2. The molecule has 2 heteroatoms. The van der Waals surface area contributed by atoms with Crippen molar-refractivity contribution in [3.63, 3.8) is 0 Å². The Bertz CT molecular complexity index is 3660. The van der Waals surface area contributed by atoms with Crippen molar-refractivity contribution < 1.29 is 0 Å². The molecule has 2 aromatic heterocycles. The van der Waals surface area contributed by atoms with Crippen LogP contribution in [0.5, 0.6) is 0 Å². The number of hydrogen-bond donors (Lipinski definition) is 0. The van der Waals surface area contributed by atoms with Crippen LogP contribution in [0.25, 0.3) is 122 Å². The summed E-state index contributed by atoms with van der Waals surface area (Å²) < 4.78 is 4.89. The van der Waals surface area contributed by atoms with E-state index >= 15 is 0 Å². The molecule has 0 fully saturated rings. The van der Waals surface area contributed by atoms with Crippen molar-refractivity contribution in [3.8, 4) is 101 Å². The van der Waals surface area contributed by atoms with Crippen LogP contribution in [0.3, 0.4) is 0 Å². The fourth-order valence-electron chi connectivity index (χ4n) is 10.8. The quantitative estimate of drug-likeness (QED) is 0.121. The second-order valence-electron chi connectivity index (χ2n) is 18.4. The standard InChI is InChI=1S/C70H48N2/c1-7-21-49(22-8-1)55-33-19-35-57(45-55)69-61-39-37-60(72-67(53-29-15-5-16-30-53)43-44-68(72)54-31-17-6-18-32-54)48-64(61)70(58-36-20-34-56(46-58)50-23-9-2-10-24-50)62-40-38-59(47-63(62)69)71-65(51-25-11-3-12-26-51)41-42-66(71)52-27-13-4-14-28-52/h1-48H. The van der Waals surface area contributed by atoms with Gasteiger partial charge in [-0.3, -0.25) is 0 Å². The molecule has 0 spiro atoms. The summed E-state index contributed by atoms with van der Waals surface area (Å²) in [5.41, 5.74) is 20.8. The summed E-state index contributed by atoms with van der Waals surface area (Å²) in [5.74, 6) is 0. The van der Waals surface area contributed by atoms with Crippen molar-refractivity contribution in [1.82, 2.24) is 9.13 Å². The summed E-state index contributed by atoms with van der Waals surface area (Å²) >= 11 is 0. The van der Waals surface area contributed by atoms with Gasteiger partial charge in [0.25, 0.3) is 0 Å². The van der Waals surface area contributed by atoms with E-state index in [9.17, 15) is 0 Å². The maximum absolute atomic E-state index is 2.45. The van der Waals surface area contributed by atoms with E-state index in [0.29, 0.717) is 0 Å². The number of fused-ring (bicyclic) bond motifs is 2. The highest BCUT2D eigenvalue weighted by molar-refractivity contribution is 6.22. The average Bonchev–Trinajstić information content (AvgIpc) is 4.12. The van der Waals surface area contributed by atoms with Gasteiger partial charge < -0.3 is 9.13 Å². The molecule has 0 saturated heterocycles. The fraction of sp³-hybridized carbons (Fsp3) is 0. The molecule has 0 saturated carbocycles. The van der Waals surface area contributed by atoms with E-state index in [0.717, 1.165) is 67.5 Å². The van der Waals surface area contributed by atoms with Gasteiger partial charge in [0.15, 0.2) is 0 Å². The van der Waals surface area contributed by atoms with E-state index in [-0.39, 0.29) is 0 Å². The van der Waals surface area contributed by atoms with E-state index in [1.807, 2.05) is 0 Å². The number of nitrogens with zero attached hydrogens (tertiary/aromatic N) is 2. The van der Waals surface area contributed by atoms with Gasteiger partial charge in [0, 0.05) is 11.4 Å². The lowest BCUT2D eigenvalue weighted by molar-refractivity contribution is 1.10. The van der Waals surface area contributed by atoms with Gasteiger partial charge in [0.05, 0.1) is 22.8 Å². The lowest BCUT2D eigenvalue weighted by Gasteiger charge is -2.22. The first-order valence-electron chi connectivity index (χ1n) is 24.7. The van der Waals surface area contributed by atoms with E-state index < -0.39 is 0 Å². The highest BCUT2D eigenvalue weighted by Crippen LogP contribution is 2.47. The second kappa shape index (κ2) is 18.4. The lowest BCUT2D eigenvalue weighted by Crippen LogP contribution is -2.02. The Hall–Kier alpha value is -9.50. The Morgan fingerprint density at radius 2 is 0.431 bits per heavy atom. The van der Waals surface area contributed by atoms with E-state index in [1.54, 1.807) is 0 Å². The maximum atomic E-state index is 2.45. The SMILES string of the molecule is c1ccc(-c2cccc(-c3c4ccc(-n5c(-c6ccccc6)ccc5-c5ccccc5)cc4c(-c4cccc(-c5ccccc5)c4)c4ccc(-n5c(-c6ccccc6)ccc5-c5ccccc5)cc34)c2)cc1. The topological polar surface area (TPSA) is 9.86 Å². The van der Waals surface area contributed by atoms with Crippen LogP contribution in [0.4, 0.5) is 0 Å². The van der Waals surface area contributed by atoms with Crippen molar-refractivity contribution in [1.29, 1.82) is 0 Å². The summed E-state index contributed by atoms with van der Waals surface area (Å²) in [4.78, 5) is 0. The molecule has 0 aliphatic rings. The largest absolute Gasteiger partial charge is 0.309 e. The van der Waals surface area contributed by atoms with Crippen LogP contribution in [-0.4, -0.2) is 9.13 Å². The summed E-state index contributed by atoms with van der Waals surface area (Å²) in [6, 6.07) is 106. The predicted octanol–water partition coefficient (Wildman–Crippen LogP) is 18.9. The Labute approximate surface area is 420 Å². The van der Waals surface area contributed by atoms with Gasteiger partial charge in [-0.05, 0) is 149 Å². The minimum atomic E-state index is 1.10. The summed E-state index contributed by atoms with van der Waals surface area (Å²) in [6.07, 6.45) is 0. The number of hydrogen-bond acceptors (Lipinski definition) is 0. The van der Waals surface area contributed by atoms with Gasteiger partial charge >= 0.3 is 0 Å². The first-order valence-corrected chi connectivity index (χ1v) is 24.7. The van der Waals surface area contributed by atoms with E-state index in [4.69, 9.17) is 0 Å². The van der Waals surface area contributed by atoms with Crippen molar-refractivity contribution in [2.45, 2.75) is 0 Å². The van der Waals surface area contributed by atoms with Gasteiger partial charge in [-0.25, -0.2) is 0 Å². The third-order valence-electron chi connectivity index (χ3n) is 14.2. The number of aromatic nitrogens is 2. The Morgan fingerprint density at radius 3 is 0.736 bits per heavy atom. The molecule has 338 valence electrons. The van der Waals surface area contributed by atoms with Crippen molar-refractivity contribution >= 4 is 21.5 Å². The van der Waals surface area contributed by atoms with Gasteiger partial charge in [0.2, 0.25) is 0 Å². The van der Waals surface area contributed by atoms with Crippen LogP contribution in [0, 0.1) is 0 Å². The molecule has 72 heavy (non-hydrogen) atoms. The van der Waals surface area contributed by atoms with Crippen molar-refractivity contribution in [3.05, 3.63) is 291 Å². The Balaban J connectivity index is 1.15. The van der Waals surface area contributed by atoms with Crippen LogP contribution in [-0.2, 0) is 0 Å². The Kier molecular flexibility index (Phi) is 10.9. The smallest absolute Gasteiger partial charge is 0.0535 e. The predicted molar refractivity (Wildman–Crippen MR) is 304 cm³/mol. The van der Waals surface area contributed by atoms with Crippen molar-refractivity contribution in [2.75, 3.05) is 0 Å². The molecule has 0 bridgehead atoms. The Morgan fingerprint density at radius 1 is 0.167 bits per heavy atom. The van der Waals surface area contributed by atoms with Crippen LogP contribution >= 0.6 is 0 Å². The highest BCUT2D eigenvalue weighted by Gasteiger charge is 2.23. The first kappa shape index (κ1) is 42.6. The average molecular weight is 917 g/mol. The zero-order chi connectivity index (χ0) is 47.8. The lowest BCUT2D eigenvalue weighted by atomic mass is 9.84.